The van der Waals surface area contributed by atoms with E-state index in [0.29, 0.717) is 37.2 Å². The molecule has 1 fully saturated rings. The van der Waals surface area contributed by atoms with Crippen LogP contribution >= 0.6 is 0 Å². The zero-order chi connectivity index (χ0) is 18.8. The Kier molecular flexibility index (Phi) is 8.50. The van der Waals surface area contributed by atoms with Gasteiger partial charge in [-0.05, 0) is 36.5 Å². The van der Waals surface area contributed by atoms with Gasteiger partial charge in [-0.25, -0.2) is 4.79 Å². The molecule has 0 bridgehead atoms. The van der Waals surface area contributed by atoms with Crippen LogP contribution in [-0.4, -0.2) is 65.2 Å². The van der Waals surface area contributed by atoms with Crippen LogP contribution < -0.4 is 14.8 Å². The summed E-state index contributed by atoms with van der Waals surface area (Å²) in [6.45, 7) is 3.97. The number of benzene rings is 1. The van der Waals surface area contributed by atoms with E-state index in [1.165, 1.54) is 0 Å². The lowest BCUT2D eigenvalue weighted by Gasteiger charge is -2.32. The molecule has 1 heterocycles. The van der Waals surface area contributed by atoms with Crippen LogP contribution in [-0.2, 0) is 16.0 Å². The number of ether oxygens (including phenoxy) is 4. The number of likely N-dealkylation sites (tertiary alicyclic amines) is 1. The van der Waals surface area contributed by atoms with Gasteiger partial charge in [-0.2, -0.15) is 0 Å². The molecule has 0 aliphatic carbocycles. The van der Waals surface area contributed by atoms with Crippen LogP contribution in [0.2, 0.25) is 0 Å². The van der Waals surface area contributed by atoms with Crippen molar-refractivity contribution in [3.8, 4) is 11.5 Å². The van der Waals surface area contributed by atoms with E-state index in [4.69, 9.17) is 18.9 Å². The lowest BCUT2D eigenvalue weighted by Crippen LogP contribution is -2.44. The summed E-state index contributed by atoms with van der Waals surface area (Å²) in [5.74, 6) is 1.85. The van der Waals surface area contributed by atoms with Gasteiger partial charge in [0.05, 0.1) is 27.4 Å². The maximum Gasteiger partial charge on any atom is 0.317 e. The minimum Gasteiger partial charge on any atom is -0.493 e. The second-order valence-electron chi connectivity index (χ2n) is 6.35. The molecule has 1 aromatic rings. The van der Waals surface area contributed by atoms with Gasteiger partial charge in [-0.1, -0.05) is 6.07 Å². The van der Waals surface area contributed by atoms with E-state index in [-0.39, 0.29) is 6.03 Å². The van der Waals surface area contributed by atoms with E-state index in [2.05, 4.69) is 5.32 Å². The molecule has 2 amide bonds. The summed E-state index contributed by atoms with van der Waals surface area (Å²) in [6.07, 6.45) is 1.94. The van der Waals surface area contributed by atoms with E-state index >= 15 is 0 Å². The number of methoxy groups -OCH3 is 3. The highest BCUT2D eigenvalue weighted by Gasteiger charge is 2.22. The first-order valence-electron chi connectivity index (χ1n) is 8.98. The highest BCUT2D eigenvalue weighted by Crippen LogP contribution is 2.27. The summed E-state index contributed by atoms with van der Waals surface area (Å²) < 4.78 is 21.1. The Balaban J connectivity index is 1.72. The molecule has 1 aliphatic heterocycles. The van der Waals surface area contributed by atoms with Crippen molar-refractivity contribution >= 4 is 6.03 Å². The molecular formula is C19H30N2O5. The number of hydrogen-bond donors (Lipinski definition) is 1. The molecule has 0 saturated carbocycles. The minimum atomic E-state index is -0.0291. The summed E-state index contributed by atoms with van der Waals surface area (Å²) in [5.41, 5.74) is 0.970. The summed E-state index contributed by atoms with van der Waals surface area (Å²) in [4.78, 5) is 14.2. The molecule has 1 aromatic carbocycles. The van der Waals surface area contributed by atoms with E-state index < -0.39 is 0 Å². The highest BCUT2D eigenvalue weighted by atomic mass is 16.5. The molecule has 1 N–H and O–H groups in total. The van der Waals surface area contributed by atoms with Gasteiger partial charge in [0.1, 0.15) is 0 Å². The Hall–Kier alpha value is -1.99. The number of rotatable bonds is 9. The van der Waals surface area contributed by atoms with Gasteiger partial charge < -0.3 is 29.2 Å². The number of nitrogens with zero attached hydrogens (tertiary/aromatic N) is 1. The van der Waals surface area contributed by atoms with Crippen LogP contribution in [0.25, 0.3) is 0 Å². The fourth-order valence-electron chi connectivity index (χ4n) is 2.98. The fraction of sp³-hybridized carbons (Fsp3) is 0.632. The Bertz CT molecular complexity index is 559. The van der Waals surface area contributed by atoms with Gasteiger partial charge in [0.2, 0.25) is 0 Å². The second kappa shape index (κ2) is 10.9. The third-order valence-electron chi connectivity index (χ3n) is 4.58. The molecule has 146 valence electrons. The maximum absolute atomic E-state index is 12.4. The topological polar surface area (TPSA) is 69.3 Å². The van der Waals surface area contributed by atoms with Crippen molar-refractivity contribution in [2.75, 3.05) is 54.2 Å². The van der Waals surface area contributed by atoms with Gasteiger partial charge in [0, 0.05) is 33.4 Å². The van der Waals surface area contributed by atoms with Crippen molar-refractivity contribution in [2.24, 2.45) is 5.92 Å². The van der Waals surface area contributed by atoms with Crippen LogP contribution in [0.1, 0.15) is 18.4 Å². The molecule has 0 radical (unpaired) electrons. The zero-order valence-electron chi connectivity index (χ0n) is 16.0. The first-order valence-corrected chi connectivity index (χ1v) is 8.98. The maximum atomic E-state index is 12.4. The number of urea groups is 1. The average Bonchev–Trinajstić information content (AvgIpc) is 2.69. The van der Waals surface area contributed by atoms with Crippen molar-refractivity contribution in [1.29, 1.82) is 0 Å². The Morgan fingerprint density at radius 2 is 1.85 bits per heavy atom. The predicted molar refractivity (Wildman–Crippen MR) is 98.8 cm³/mol. The summed E-state index contributed by atoms with van der Waals surface area (Å²) >= 11 is 0. The number of carbonyl (C=O) groups excluding carboxylic acids is 1. The number of nitrogens with one attached hydrogen (secondary N) is 1. The minimum absolute atomic E-state index is 0.0291. The highest BCUT2D eigenvalue weighted by molar-refractivity contribution is 5.74. The van der Waals surface area contributed by atoms with Crippen molar-refractivity contribution < 1.29 is 23.7 Å². The summed E-state index contributed by atoms with van der Waals surface area (Å²) in [6, 6.07) is 5.61. The molecule has 2 rings (SSSR count). The molecular weight excluding hydrogens is 336 g/mol. The van der Waals surface area contributed by atoms with Crippen LogP contribution in [0.4, 0.5) is 4.79 Å². The van der Waals surface area contributed by atoms with Gasteiger partial charge >= 0.3 is 6.03 Å². The fourth-order valence-corrected chi connectivity index (χ4v) is 2.98. The molecule has 7 nitrogen and oxygen atoms in total. The lowest BCUT2D eigenvalue weighted by atomic mass is 9.98. The SMILES string of the molecule is COCCOCC1CCN(C(=O)NCc2ccc(OC)c(OC)c2)CC1. The van der Waals surface area contributed by atoms with Gasteiger partial charge in [-0.15, -0.1) is 0 Å². The van der Waals surface area contributed by atoms with Crippen molar-refractivity contribution in [3.63, 3.8) is 0 Å². The number of amides is 2. The van der Waals surface area contributed by atoms with Gasteiger partial charge in [-0.3, -0.25) is 0 Å². The van der Waals surface area contributed by atoms with Gasteiger partial charge in [0.15, 0.2) is 11.5 Å². The molecule has 0 spiro atoms. The normalized spacial score (nSPS) is 15.0. The van der Waals surface area contributed by atoms with E-state index in [1.54, 1.807) is 21.3 Å². The van der Waals surface area contributed by atoms with Crippen LogP contribution in [0.5, 0.6) is 11.5 Å². The monoisotopic (exact) mass is 366 g/mol. The van der Waals surface area contributed by atoms with Crippen molar-refractivity contribution in [3.05, 3.63) is 23.8 Å². The first kappa shape index (κ1) is 20.3. The van der Waals surface area contributed by atoms with Crippen LogP contribution in [0, 0.1) is 5.92 Å². The van der Waals surface area contributed by atoms with E-state index in [0.717, 1.165) is 38.1 Å². The summed E-state index contributed by atoms with van der Waals surface area (Å²) in [5, 5.41) is 2.98. The Morgan fingerprint density at radius 3 is 2.50 bits per heavy atom. The third-order valence-corrected chi connectivity index (χ3v) is 4.58. The van der Waals surface area contributed by atoms with Gasteiger partial charge in [0.25, 0.3) is 0 Å². The number of piperidine rings is 1. The molecule has 0 atom stereocenters. The van der Waals surface area contributed by atoms with Crippen molar-refractivity contribution in [1.82, 2.24) is 10.2 Å². The van der Waals surface area contributed by atoms with Crippen molar-refractivity contribution in [2.45, 2.75) is 19.4 Å². The molecule has 0 unspecified atom stereocenters. The average molecular weight is 366 g/mol. The number of carbonyl (C=O) groups is 1. The first-order chi connectivity index (χ1) is 12.7. The second-order valence-corrected chi connectivity index (χ2v) is 6.35. The van der Waals surface area contributed by atoms with Crippen LogP contribution in [0.3, 0.4) is 0 Å². The molecule has 1 aliphatic rings. The standard InChI is InChI=1S/C19H30N2O5/c1-23-10-11-26-14-15-6-8-21(9-7-15)19(22)20-13-16-4-5-17(24-2)18(12-16)25-3/h4-5,12,15H,6-11,13-14H2,1-3H3,(H,20,22). The molecule has 26 heavy (non-hydrogen) atoms. The Morgan fingerprint density at radius 1 is 1.12 bits per heavy atom. The lowest BCUT2D eigenvalue weighted by molar-refractivity contribution is 0.0381. The van der Waals surface area contributed by atoms with E-state index in [1.807, 2.05) is 23.1 Å². The summed E-state index contributed by atoms with van der Waals surface area (Å²) in [7, 11) is 4.87. The Labute approximate surface area is 155 Å². The largest absolute Gasteiger partial charge is 0.493 e. The number of hydrogen-bond acceptors (Lipinski definition) is 5. The quantitative estimate of drug-likeness (QED) is 0.679. The molecule has 1 saturated heterocycles. The zero-order valence-corrected chi connectivity index (χ0v) is 16.0. The van der Waals surface area contributed by atoms with Crippen LogP contribution in [0.15, 0.2) is 18.2 Å². The third kappa shape index (κ3) is 6.07. The smallest absolute Gasteiger partial charge is 0.317 e. The van der Waals surface area contributed by atoms with E-state index in [9.17, 15) is 4.79 Å². The predicted octanol–water partition coefficient (Wildman–Crippen LogP) is 2.29. The molecule has 7 heteroatoms. The molecule has 0 aromatic heterocycles.